The van der Waals surface area contributed by atoms with Gasteiger partial charge in [-0.25, -0.2) is 0 Å². The molecule has 0 amide bonds. The van der Waals surface area contributed by atoms with Gasteiger partial charge < -0.3 is 14.7 Å². The summed E-state index contributed by atoms with van der Waals surface area (Å²) < 4.78 is 12.4. The topological polar surface area (TPSA) is 51.1 Å². The van der Waals surface area contributed by atoms with Gasteiger partial charge >= 0.3 is 0 Å². The first-order valence-corrected chi connectivity index (χ1v) is 12.1. The van der Waals surface area contributed by atoms with E-state index >= 15 is 0 Å². The first-order valence-electron chi connectivity index (χ1n) is 12.1. The second-order valence-corrected chi connectivity index (χ2v) is 10.8. The van der Waals surface area contributed by atoms with Crippen molar-refractivity contribution in [1.82, 2.24) is 0 Å². The van der Waals surface area contributed by atoms with Crippen molar-refractivity contribution in [3.05, 3.63) is 36.5 Å². The zero-order valence-corrected chi connectivity index (χ0v) is 18.3. The highest BCUT2D eigenvalue weighted by Crippen LogP contribution is 2.79. The van der Waals surface area contributed by atoms with Crippen molar-refractivity contribution in [2.24, 2.45) is 52.0 Å². The molecule has 0 saturated heterocycles. The van der Waals surface area contributed by atoms with Crippen LogP contribution in [-0.4, -0.2) is 29.9 Å². The zero-order valence-electron chi connectivity index (χ0n) is 18.3. The molecule has 1 spiro atoms. The molecule has 4 heteroatoms. The fraction of sp³-hybridized carbons (Fsp3) is 0.731. The summed E-state index contributed by atoms with van der Waals surface area (Å²) in [6.07, 6.45) is 17.0. The molecule has 0 aromatic rings. The van der Waals surface area contributed by atoms with Crippen molar-refractivity contribution in [3.8, 4) is 0 Å². The molecule has 1 aliphatic heterocycles. The monoisotopic (exact) mass is 409 g/mol. The van der Waals surface area contributed by atoms with E-state index in [1.807, 2.05) is 0 Å². The van der Waals surface area contributed by atoms with E-state index in [9.17, 15) is 5.21 Å². The number of allylic oxidation sites excluding steroid dienone is 3. The molecule has 0 bridgehead atoms. The summed E-state index contributed by atoms with van der Waals surface area (Å²) in [4.78, 5) is 0. The Morgan fingerprint density at radius 3 is 2.93 bits per heavy atom. The maximum atomic E-state index is 9.32. The molecule has 4 fully saturated rings. The molecule has 1 heterocycles. The van der Waals surface area contributed by atoms with Gasteiger partial charge in [0, 0.05) is 12.5 Å². The number of fused-ring (bicyclic) bond motifs is 9. The van der Waals surface area contributed by atoms with Gasteiger partial charge in [-0.15, -0.1) is 6.58 Å². The second kappa shape index (κ2) is 6.56. The predicted molar refractivity (Wildman–Crippen MR) is 116 cm³/mol. The van der Waals surface area contributed by atoms with E-state index in [0.29, 0.717) is 23.7 Å². The summed E-state index contributed by atoms with van der Waals surface area (Å²) in [5, 5.41) is 12.8. The van der Waals surface area contributed by atoms with Crippen LogP contribution < -0.4 is 0 Å². The van der Waals surface area contributed by atoms with Crippen LogP contribution in [0.1, 0.15) is 51.9 Å². The highest BCUT2D eigenvalue weighted by molar-refractivity contribution is 5.96. The second-order valence-electron chi connectivity index (χ2n) is 10.8. The Labute approximate surface area is 180 Å². The fourth-order valence-electron chi connectivity index (χ4n) is 9.21. The number of nitrogens with zero attached hydrogens (tertiary/aromatic N) is 1. The molecular weight excluding hydrogens is 374 g/mol. The third kappa shape index (κ3) is 2.22. The molecule has 6 rings (SSSR count). The summed E-state index contributed by atoms with van der Waals surface area (Å²) in [7, 11) is 1.76. The lowest BCUT2D eigenvalue weighted by Gasteiger charge is -2.60. The quantitative estimate of drug-likeness (QED) is 0.389. The van der Waals surface area contributed by atoms with E-state index in [2.05, 4.69) is 43.0 Å². The summed E-state index contributed by atoms with van der Waals surface area (Å²) >= 11 is 0. The van der Waals surface area contributed by atoms with Crippen LogP contribution in [-0.2, 0) is 9.47 Å². The highest BCUT2D eigenvalue weighted by Gasteiger charge is 2.78. The van der Waals surface area contributed by atoms with Gasteiger partial charge in [-0.05, 0) is 98.5 Å². The fourth-order valence-corrected chi connectivity index (χ4v) is 9.21. The number of methoxy groups -OCH3 is 1. The standard InChI is InChI=1S/C26H35NO3/c1-4-15-12-16-13-17(27-28)6-7-18(16)19-8-10-25(5-2)24(23(15)19)20-14-21(20)26(25)11-9-22(29-3)30-26/h4,9,11,13,15,18-24,28H,1,5-8,10,12,14H2,2-3H3/b27-17+/t15-,18-,19?,20-,21+,22?,23?,24?,25-,26-/m0/s1. The van der Waals surface area contributed by atoms with Crippen LogP contribution in [0.2, 0.25) is 0 Å². The van der Waals surface area contributed by atoms with Gasteiger partial charge in [-0.1, -0.05) is 29.8 Å². The molecule has 10 atom stereocenters. The van der Waals surface area contributed by atoms with Crippen molar-refractivity contribution in [3.63, 3.8) is 0 Å². The first kappa shape index (κ1) is 19.3. The van der Waals surface area contributed by atoms with Gasteiger partial charge in [0.05, 0.1) is 11.3 Å². The van der Waals surface area contributed by atoms with Crippen LogP contribution in [0.25, 0.3) is 0 Å². The lowest BCUT2D eigenvalue weighted by atomic mass is 9.46. The van der Waals surface area contributed by atoms with Crippen LogP contribution in [0.4, 0.5) is 0 Å². The molecule has 4 nitrogen and oxygen atoms in total. The molecule has 5 aliphatic carbocycles. The Balaban J connectivity index is 1.41. The van der Waals surface area contributed by atoms with Gasteiger partial charge in [-0.3, -0.25) is 0 Å². The van der Waals surface area contributed by atoms with E-state index in [0.717, 1.165) is 42.7 Å². The third-order valence-corrected chi connectivity index (χ3v) is 10.2. The molecule has 0 radical (unpaired) electrons. The molecular formula is C26H35NO3. The van der Waals surface area contributed by atoms with E-state index in [-0.39, 0.29) is 17.3 Å². The highest BCUT2D eigenvalue weighted by atomic mass is 16.7. The largest absolute Gasteiger partial charge is 0.411 e. The van der Waals surface area contributed by atoms with E-state index in [1.54, 1.807) is 7.11 Å². The predicted octanol–water partition coefficient (Wildman–Crippen LogP) is 5.35. The smallest absolute Gasteiger partial charge is 0.177 e. The van der Waals surface area contributed by atoms with Crippen molar-refractivity contribution in [2.45, 2.75) is 63.8 Å². The Hall–Kier alpha value is -1.39. The number of rotatable bonds is 3. The number of oxime groups is 1. The third-order valence-electron chi connectivity index (χ3n) is 10.2. The summed E-state index contributed by atoms with van der Waals surface area (Å²) in [5.41, 5.74) is 2.49. The van der Waals surface area contributed by atoms with Gasteiger partial charge in [0.1, 0.15) is 0 Å². The number of hydrogen-bond donors (Lipinski definition) is 1. The average Bonchev–Trinajstić information content (AvgIpc) is 3.41. The van der Waals surface area contributed by atoms with Gasteiger partial charge in [-0.2, -0.15) is 0 Å². The maximum Gasteiger partial charge on any atom is 0.177 e. The summed E-state index contributed by atoms with van der Waals surface area (Å²) in [5.74, 6) is 4.81. The Morgan fingerprint density at radius 1 is 1.37 bits per heavy atom. The van der Waals surface area contributed by atoms with Crippen LogP contribution >= 0.6 is 0 Å². The van der Waals surface area contributed by atoms with Crippen molar-refractivity contribution >= 4 is 5.71 Å². The molecule has 162 valence electrons. The van der Waals surface area contributed by atoms with Crippen molar-refractivity contribution in [2.75, 3.05) is 7.11 Å². The molecule has 4 unspecified atom stereocenters. The Kier molecular flexibility index (Phi) is 4.22. The molecule has 4 saturated carbocycles. The summed E-state index contributed by atoms with van der Waals surface area (Å²) in [6.45, 7) is 6.70. The number of hydrogen-bond acceptors (Lipinski definition) is 4. The summed E-state index contributed by atoms with van der Waals surface area (Å²) in [6, 6.07) is 0. The van der Waals surface area contributed by atoms with Gasteiger partial charge in [0.15, 0.2) is 6.29 Å². The minimum absolute atomic E-state index is 0.117. The zero-order chi connectivity index (χ0) is 20.7. The maximum absolute atomic E-state index is 9.32. The normalized spacial score (nSPS) is 54.3. The molecule has 30 heavy (non-hydrogen) atoms. The molecule has 1 N–H and O–H groups in total. The van der Waals surface area contributed by atoms with Crippen LogP contribution in [0.5, 0.6) is 0 Å². The van der Waals surface area contributed by atoms with Crippen molar-refractivity contribution < 1.29 is 14.7 Å². The average molecular weight is 410 g/mol. The first-order chi connectivity index (χ1) is 14.6. The number of ether oxygens (including phenoxy) is 2. The minimum atomic E-state index is -0.184. The van der Waals surface area contributed by atoms with E-state index < -0.39 is 0 Å². The minimum Gasteiger partial charge on any atom is -0.411 e. The van der Waals surface area contributed by atoms with E-state index in [4.69, 9.17) is 9.47 Å². The molecule has 0 aromatic heterocycles. The lowest BCUT2D eigenvalue weighted by Crippen LogP contribution is -2.57. The molecule has 6 aliphatic rings. The van der Waals surface area contributed by atoms with E-state index in [1.165, 1.54) is 31.3 Å². The van der Waals surface area contributed by atoms with Crippen LogP contribution in [0, 0.1) is 46.8 Å². The SMILES string of the molecule is C=C[C@H]1CC2=C/C(=N/O)CC[C@@H]2C2CC[C@@]3(CC)C(C21)[C@H]1C[C@H]1[C@@]31C=CC(OC)O1. The Morgan fingerprint density at radius 2 is 2.23 bits per heavy atom. The molecule has 0 aromatic carbocycles. The van der Waals surface area contributed by atoms with Gasteiger partial charge in [0.2, 0.25) is 0 Å². The van der Waals surface area contributed by atoms with Gasteiger partial charge in [0.25, 0.3) is 0 Å². The van der Waals surface area contributed by atoms with Crippen LogP contribution in [0.3, 0.4) is 0 Å². The van der Waals surface area contributed by atoms with Crippen LogP contribution in [0.15, 0.2) is 41.6 Å². The lowest BCUT2D eigenvalue weighted by molar-refractivity contribution is -0.212. The van der Waals surface area contributed by atoms with Crippen molar-refractivity contribution in [1.29, 1.82) is 0 Å². The Bertz CT molecular complexity index is 845.